The molecule has 0 saturated carbocycles. The van der Waals surface area contributed by atoms with Crippen LogP contribution in [0.1, 0.15) is 28.3 Å². The predicted octanol–water partition coefficient (Wildman–Crippen LogP) is 2.17. The number of anilines is 1. The van der Waals surface area contributed by atoms with Crippen LogP contribution in [0.2, 0.25) is 0 Å². The minimum absolute atomic E-state index is 0.420. The average molecular weight is 267 g/mol. The van der Waals surface area contributed by atoms with E-state index in [0.717, 1.165) is 25.2 Å². The van der Waals surface area contributed by atoms with Crippen LogP contribution >= 0.6 is 0 Å². The number of carbonyl (C=O) groups is 1. The van der Waals surface area contributed by atoms with Gasteiger partial charge in [0, 0.05) is 31.4 Å². The SMILES string of the molecule is NC(=O)c1cnccc1N1CCC(c2ccccc2)C1. The Hall–Kier alpha value is -2.36. The van der Waals surface area contributed by atoms with E-state index in [1.807, 2.05) is 12.1 Å². The predicted molar refractivity (Wildman–Crippen MR) is 78.8 cm³/mol. The summed E-state index contributed by atoms with van der Waals surface area (Å²) in [5.74, 6) is 0.0846. The topological polar surface area (TPSA) is 59.2 Å². The number of amides is 1. The normalized spacial score (nSPS) is 18.2. The molecular formula is C16H17N3O. The highest BCUT2D eigenvalue weighted by Gasteiger charge is 2.26. The number of rotatable bonds is 3. The summed E-state index contributed by atoms with van der Waals surface area (Å²) in [6.45, 7) is 1.85. The third-order valence-corrected chi connectivity index (χ3v) is 3.86. The highest BCUT2D eigenvalue weighted by molar-refractivity contribution is 5.98. The number of aromatic nitrogens is 1. The molecule has 0 bridgehead atoms. The highest BCUT2D eigenvalue weighted by atomic mass is 16.1. The lowest BCUT2D eigenvalue weighted by molar-refractivity contribution is 0.100. The van der Waals surface area contributed by atoms with Crippen LogP contribution in [-0.4, -0.2) is 24.0 Å². The largest absolute Gasteiger partial charge is 0.370 e. The fourth-order valence-corrected chi connectivity index (χ4v) is 2.83. The van der Waals surface area contributed by atoms with Gasteiger partial charge in [0.2, 0.25) is 0 Å². The molecule has 1 aliphatic heterocycles. The molecule has 0 spiro atoms. The second kappa shape index (κ2) is 5.33. The first-order valence-corrected chi connectivity index (χ1v) is 6.79. The molecular weight excluding hydrogens is 250 g/mol. The summed E-state index contributed by atoms with van der Waals surface area (Å²) in [4.78, 5) is 17.7. The number of pyridine rings is 1. The van der Waals surface area contributed by atoms with E-state index in [2.05, 4.69) is 34.1 Å². The summed E-state index contributed by atoms with van der Waals surface area (Å²) in [5, 5.41) is 0. The Morgan fingerprint density at radius 2 is 2.05 bits per heavy atom. The van der Waals surface area contributed by atoms with Gasteiger partial charge < -0.3 is 10.6 Å². The van der Waals surface area contributed by atoms with Crippen LogP contribution in [0.4, 0.5) is 5.69 Å². The van der Waals surface area contributed by atoms with Crippen molar-refractivity contribution < 1.29 is 4.79 Å². The van der Waals surface area contributed by atoms with Crippen molar-refractivity contribution in [1.82, 2.24) is 4.98 Å². The van der Waals surface area contributed by atoms with E-state index in [1.165, 1.54) is 5.56 Å². The molecule has 1 unspecified atom stereocenters. The van der Waals surface area contributed by atoms with Gasteiger partial charge in [-0.05, 0) is 18.1 Å². The second-order valence-electron chi connectivity index (χ2n) is 5.10. The number of benzene rings is 1. The zero-order valence-corrected chi connectivity index (χ0v) is 11.2. The fraction of sp³-hybridized carbons (Fsp3) is 0.250. The lowest BCUT2D eigenvalue weighted by atomic mass is 9.99. The van der Waals surface area contributed by atoms with E-state index < -0.39 is 5.91 Å². The number of hydrogen-bond acceptors (Lipinski definition) is 3. The van der Waals surface area contributed by atoms with Gasteiger partial charge in [-0.25, -0.2) is 0 Å². The van der Waals surface area contributed by atoms with E-state index in [4.69, 9.17) is 5.73 Å². The van der Waals surface area contributed by atoms with Gasteiger partial charge in [0.15, 0.2) is 0 Å². The van der Waals surface area contributed by atoms with Crippen molar-refractivity contribution in [2.45, 2.75) is 12.3 Å². The van der Waals surface area contributed by atoms with Crippen molar-refractivity contribution in [3.05, 3.63) is 59.9 Å². The van der Waals surface area contributed by atoms with Crippen LogP contribution in [0, 0.1) is 0 Å². The molecule has 3 rings (SSSR count). The third kappa shape index (κ3) is 2.37. The lowest BCUT2D eigenvalue weighted by Crippen LogP contribution is -2.24. The smallest absolute Gasteiger partial charge is 0.252 e. The molecule has 1 aromatic heterocycles. The van der Waals surface area contributed by atoms with Gasteiger partial charge in [0.05, 0.1) is 11.3 Å². The fourth-order valence-electron chi connectivity index (χ4n) is 2.83. The summed E-state index contributed by atoms with van der Waals surface area (Å²) in [6, 6.07) is 12.4. The van der Waals surface area contributed by atoms with Gasteiger partial charge in [-0.1, -0.05) is 30.3 Å². The van der Waals surface area contributed by atoms with E-state index in [1.54, 1.807) is 12.4 Å². The summed E-state index contributed by atoms with van der Waals surface area (Å²) in [6.07, 6.45) is 4.34. The Morgan fingerprint density at radius 1 is 1.25 bits per heavy atom. The van der Waals surface area contributed by atoms with E-state index in [9.17, 15) is 4.79 Å². The van der Waals surface area contributed by atoms with Crippen molar-refractivity contribution in [3.8, 4) is 0 Å². The van der Waals surface area contributed by atoms with Gasteiger partial charge in [0.25, 0.3) is 5.91 Å². The average Bonchev–Trinajstić information content (AvgIpc) is 2.98. The molecule has 1 aliphatic rings. The molecule has 1 atom stereocenters. The maximum atomic E-state index is 11.5. The Bertz CT molecular complexity index is 612. The number of primary amides is 1. The van der Waals surface area contributed by atoms with Crippen LogP contribution in [0.3, 0.4) is 0 Å². The zero-order valence-electron chi connectivity index (χ0n) is 11.2. The molecule has 4 nitrogen and oxygen atoms in total. The van der Waals surface area contributed by atoms with Gasteiger partial charge in [0.1, 0.15) is 0 Å². The van der Waals surface area contributed by atoms with E-state index >= 15 is 0 Å². The molecule has 0 aliphatic carbocycles. The molecule has 2 heterocycles. The molecule has 1 amide bonds. The van der Waals surface area contributed by atoms with Gasteiger partial charge >= 0.3 is 0 Å². The van der Waals surface area contributed by atoms with E-state index in [0.29, 0.717) is 11.5 Å². The molecule has 1 aromatic carbocycles. The van der Waals surface area contributed by atoms with Gasteiger partial charge in [-0.3, -0.25) is 9.78 Å². The Balaban J connectivity index is 1.83. The van der Waals surface area contributed by atoms with Crippen LogP contribution < -0.4 is 10.6 Å². The molecule has 1 saturated heterocycles. The number of carbonyl (C=O) groups excluding carboxylic acids is 1. The Labute approximate surface area is 118 Å². The first kappa shape index (κ1) is 12.7. The van der Waals surface area contributed by atoms with Crippen LogP contribution in [0.15, 0.2) is 48.8 Å². The monoisotopic (exact) mass is 267 g/mol. The molecule has 102 valence electrons. The maximum absolute atomic E-state index is 11.5. The molecule has 2 aromatic rings. The summed E-state index contributed by atoms with van der Waals surface area (Å²) < 4.78 is 0. The zero-order chi connectivity index (χ0) is 13.9. The van der Waals surface area contributed by atoms with Gasteiger partial charge in [-0.15, -0.1) is 0 Å². The molecule has 0 radical (unpaired) electrons. The minimum Gasteiger partial charge on any atom is -0.370 e. The molecule has 20 heavy (non-hydrogen) atoms. The lowest BCUT2D eigenvalue weighted by Gasteiger charge is -2.20. The molecule has 4 heteroatoms. The van der Waals surface area contributed by atoms with Crippen molar-refractivity contribution in [2.75, 3.05) is 18.0 Å². The summed E-state index contributed by atoms with van der Waals surface area (Å²) >= 11 is 0. The van der Waals surface area contributed by atoms with Crippen molar-refractivity contribution in [3.63, 3.8) is 0 Å². The van der Waals surface area contributed by atoms with E-state index in [-0.39, 0.29) is 0 Å². The minimum atomic E-state index is -0.420. The van der Waals surface area contributed by atoms with Gasteiger partial charge in [-0.2, -0.15) is 0 Å². The first-order valence-electron chi connectivity index (χ1n) is 6.79. The van der Waals surface area contributed by atoms with Crippen LogP contribution in [0.25, 0.3) is 0 Å². The van der Waals surface area contributed by atoms with Crippen molar-refractivity contribution >= 4 is 11.6 Å². The number of nitrogens with zero attached hydrogens (tertiary/aromatic N) is 2. The summed E-state index contributed by atoms with van der Waals surface area (Å²) in [7, 11) is 0. The maximum Gasteiger partial charge on any atom is 0.252 e. The molecule has 1 fully saturated rings. The Kier molecular flexibility index (Phi) is 3.37. The quantitative estimate of drug-likeness (QED) is 0.927. The molecule has 2 N–H and O–H groups in total. The Morgan fingerprint density at radius 3 is 2.80 bits per heavy atom. The standard InChI is InChI=1S/C16H17N3O/c17-16(20)14-10-18-8-6-15(14)19-9-7-13(11-19)12-4-2-1-3-5-12/h1-6,8,10,13H,7,9,11H2,(H2,17,20). The van der Waals surface area contributed by atoms with Crippen LogP contribution in [0.5, 0.6) is 0 Å². The second-order valence-corrected chi connectivity index (χ2v) is 5.10. The van der Waals surface area contributed by atoms with Crippen LogP contribution in [-0.2, 0) is 0 Å². The highest BCUT2D eigenvalue weighted by Crippen LogP contribution is 2.31. The first-order chi connectivity index (χ1) is 9.75. The number of hydrogen-bond donors (Lipinski definition) is 1. The van der Waals surface area contributed by atoms with Crippen molar-refractivity contribution in [2.24, 2.45) is 5.73 Å². The summed E-state index contributed by atoms with van der Waals surface area (Å²) in [5.41, 5.74) is 8.17. The number of nitrogens with two attached hydrogens (primary N) is 1. The van der Waals surface area contributed by atoms with Crippen molar-refractivity contribution in [1.29, 1.82) is 0 Å². The third-order valence-electron chi connectivity index (χ3n) is 3.86.